The molecule has 0 bridgehead atoms. The highest BCUT2D eigenvalue weighted by molar-refractivity contribution is 5.86. The van der Waals surface area contributed by atoms with Crippen molar-refractivity contribution in [2.24, 2.45) is 5.84 Å². The van der Waals surface area contributed by atoms with E-state index in [1.165, 1.54) is 29.2 Å². The van der Waals surface area contributed by atoms with Gasteiger partial charge < -0.3 is 4.74 Å². The number of hydrazine groups is 1. The Morgan fingerprint density at radius 3 is 2.57 bits per heavy atom. The number of nitrogens with one attached hydrogen (secondary N) is 1. The molecule has 0 radical (unpaired) electrons. The lowest BCUT2D eigenvalue weighted by molar-refractivity contribution is -0.0623. The average Bonchev–Trinajstić information content (AvgIpc) is 2.98. The minimum atomic E-state index is -0.173. The number of ether oxygens (including phenoxy) is 1. The number of hydrogen-bond donors (Lipinski definition) is 2. The zero-order chi connectivity index (χ0) is 14.7. The maximum Gasteiger partial charge on any atom is 0.0889 e. The predicted octanol–water partition coefficient (Wildman–Crippen LogP) is 3.69. The largest absolute Gasteiger partial charge is 0.373 e. The Kier molecular flexibility index (Phi) is 4.24. The molecule has 3 N–H and O–H groups in total. The molecule has 0 aliphatic heterocycles. The van der Waals surface area contributed by atoms with Crippen molar-refractivity contribution in [3.05, 3.63) is 48.0 Å². The second-order valence-electron chi connectivity index (χ2n) is 5.87. The van der Waals surface area contributed by atoms with Gasteiger partial charge in [-0.1, -0.05) is 55.3 Å². The van der Waals surface area contributed by atoms with Gasteiger partial charge in [-0.05, 0) is 36.1 Å². The van der Waals surface area contributed by atoms with E-state index in [1.54, 1.807) is 0 Å². The van der Waals surface area contributed by atoms with Crippen LogP contribution in [-0.2, 0) is 4.74 Å². The summed E-state index contributed by atoms with van der Waals surface area (Å²) in [5.74, 6) is 5.96. The number of benzene rings is 2. The molecule has 0 heterocycles. The molecule has 1 aliphatic carbocycles. The third-order valence-electron chi connectivity index (χ3n) is 4.71. The summed E-state index contributed by atoms with van der Waals surface area (Å²) in [6.07, 6.45) is 4.56. The Morgan fingerprint density at radius 1 is 1.14 bits per heavy atom. The first-order valence-corrected chi connectivity index (χ1v) is 7.88. The van der Waals surface area contributed by atoms with Gasteiger partial charge >= 0.3 is 0 Å². The van der Waals surface area contributed by atoms with Crippen molar-refractivity contribution >= 4 is 10.8 Å². The Hall–Kier alpha value is -1.42. The third kappa shape index (κ3) is 2.57. The van der Waals surface area contributed by atoms with Crippen molar-refractivity contribution in [1.29, 1.82) is 0 Å². The van der Waals surface area contributed by atoms with Crippen LogP contribution in [0.4, 0.5) is 0 Å². The molecule has 3 heteroatoms. The molecule has 1 fully saturated rings. The van der Waals surface area contributed by atoms with Crippen LogP contribution >= 0.6 is 0 Å². The van der Waals surface area contributed by atoms with Crippen LogP contribution in [0.2, 0.25) is 0 Å². The summed E-state index contributed by atoms with van der Waals surface area (Å²) >= 11 is 0. The van der Waals surface area contributed by atoms with Crippen LogP contribution < -0.4 is 11.3 Å². The van der Waals surface area contributed by atoms with Crippen LogP contribution in [0.5, 0.6) is 0 Å². The summed E-state index contributed by atoms with van der Waals surface area (Å²) < 4.78 is 6.20. The van der Waals surface area contributed by atoms with E-state index >= 15 is 0 Å². The smallest absolute Gasteiger partial charge is 0.0889 e. The molecule has 0 saturated heterocycles. The van der Waals surface area contributed by atoms with Crippen LogP contribution in [0.15, 0.2) is 42.5 Å². The fraction of sp³-hybridized carbons (Fsp3) is 0.444. The fourth-order valence-electron chi connectivity index (χ4n) is 3.80. The van der Waals surface area contributed by atoms with E-state index < -0.39 is 0 Å². The molecule has 0 amide bonds. The fourth-order valence-corrected chi connectivity index (χ4v) is 3.80. The molecular weight excluding hydrogens is 260 g/mol. The van der Waals surface area contributed by atoms with E-state index in [0.29, 0.717) is 0 Å². The lowest BCUT2D eigenvalue weighted by Crippen LogP contribution is -2.47. The highest BCUT2D eigenvalue weighted by Gasteiger charge is 2.43. The van der Waals surface area contributed by atoms with Crippen LogP contribution in [0.1, 0.15) is 44.2 Å². The average molecular weight is 284 g/mol. The standard InChI is InChI=1S/C18H24N2O/c1-2-21-18(12-5-6-13-18)17(20-19)16-11-7-9-14-8-3-4-10-15(14)16/h3-4,7-11,17,20H,2,5-6,12-13,19H2,1H3. The maximum absolute atomic E-state index is 6.20. The molecule has 1 unspecified atom stereocenters. The number of hydrogen-bond acceptors (Lipinski definition) is 3. The van der Waals surface area contributed by atoms with Gasteiger partial charge in [0.1, 0.15) is 0 Å². The second-order valence-corrected chi connectivity index (χ2v) is 5.87. The van der Waals surface area contributed by atoms with Gasteiger partial charge in [-0.15, -0.1) is 0 Å². The van der Waals surface area contributed by atoms with Gasteiger partial charge in [-0.2, -0.15) is 0 Å². The lowest BCUT2D eigenvalue weighted by Gasteiger charge is -2.37. The highest BCUT2D eigenvalue weighted by Crippen LogP contribution is 2.44. The van der Waals surface area contributed by atoms with Gasteiger partial charge in [-0.25, -0.2) is 0 Å². The summed E-state index contributed by atoms with van der Waals surface area (Å²) in [5, 5.41) is 2.51. The second kappa shape index (κ2) is 6.14. The molecule has 2 aromatic carbocycles. The van der Waals surface area contributed by atoms with E-state index in [1.807, 2.05) is 0 Å². The first-order chi connectivity index (χ1) is 10.3. The molecule has 0 spiro atoms. The maximum atomic E-state index is 6.20. The molecule has 1 atom stereocenters. The Labute approximate surface area is 126 Å². The summed E-state index contributed by atoms with van der Waals surface area (Å²) in [7, 11) is 0. The Balaban J connectivity index is 2.09. The molecule has 2 aromatic rings. The van der Waals surface area contributed by atoms with Gasteiger partial charge in [-0.3, -0.25) is 11.3 Å². The minimum absolute atomic E-state index is 0.0334. The molecule has 112 valence electrons. The molecule has 3 rings (SSSR count). The summed E-state index contributed by atoms with van der Waals surface area (Å²) in [6, 6.07) is 14.9. The van der Waals surface area contributed by atoms with Gasteiger partial charge in [0.2, 0.25) is 0 Å². The van der Waals surface area contributed by atoms with Crippen molar-refractivity contribution < 1.29 is 4.74 Å². The van der Waals surface area contributed by atoms with Crippen molar-refractivity contribution in [3.8, 4) is 0 Å². The van der Waals surface area contributed by atoms with Crippen molar-refractivity contribution in [2.75, 3.05) is 6.61 Å². The van der Waals surface area contributed by atoms with E-state index in [2.05, 4.69) is 54.8 Å². The number of fused-ring (bicyclic) bond motifs is 1. The topological polar surface area (TPSA) is 47.3 Å². The van der Waals surface area contributed by atoms with Crippen LogP contribution in [0, 0.1) is 0 Å². The molecule has 1 saturated carbocycles. The van der Waals surface area contributed by atoms with Gasteiger partial charge in [0.15, 0.2) is 0 Å². The third-order valence-corrected chi connectivity index (χ3v) is 4.71. The van der Waals surface area contributed by atoms with Gasteiger partial charge in [0.25, 0.3) is 0 Å². The summed E-state index contributed by atoms with van der Waals surface area (Å²) in [4.78, 5) is 0. The quantitative estimate of drug-likeness (QED) is 0.650. The van der Waals surface area contributed by atoms with E-state index in [9.17, 15) is 0 Å². The van der Waals surface area contributed by atoms with E-state index in [-0.39, 0.29) is 11.6 Å². The molecule has 21 heavy (non-hydrogen) atoms. The van der Waals surface area contributed by atoms with Gasteiger partial charge in [0, 0.05) is 6.61 Å². The highest BCUT2D eigenvalue weighted by atomic mass is 16.5. The summed E-state index contributed by atoms with van der Waals surface area (Å²) in [6.45, 7) is 2.79. The first kappa shape index (κ1) is 14.5. The normalized spacial score (nSPS) is 19.0. The SMILES string of the molecule is CCOC1(C(NN)c2cccc3ccccc23)CCCC1. The van der Waals surface area contributed by atoms with E-state index in [4.69, 9.17) is 10.6 Å². The monoisotopic (exact) mass is 284 g/mol. The first-order valence-electron chi connectivity index (χ1n) is 7.88. The summed E-state index contributed by atoms with van der Waals surface area (Å²) in [5.41, 5.74) is 4.12. The number of nitrogens with two attached hydrogens (primary N) is 1. The zero-order valence-electron chi connectivity index (χ0n) is 12.6. The number of rotatable bonds is 5. The Bertz CT molecular complexity index is 600. The van der Waals surface area contributed by atoms with Crippen molar-refractivity contribution in [2.45, 2.75) is 44.2 Å². The van der Waals surface area contributed by atoms with Crippen LogP contribution in [-0.4, -0.2) is 12.2 Å². The molecular formula is C18H24N2O. The molecule has 3 nitrogen and oxygen atoms in total. The molecule has 0 aromatic heterocycles. The van der Waals surface area contributed by atoms with Crippen LogP contribution in [0.3, 0.4) is 0 Å². The van der Waals surface area contributed by atoms with Crippen molar-refractivity contribution in [3.63, 3.8) is 0 Å². The minimum Gasteiger partial charge on any atom is -0.373 e. The van der Waals surface area contributed by atoms with Crippen LogP contribution in [0.25, 0.3) is 10.8 Å². The van der Waals surface area contributed by atoms with Gasteiger partial charge in [0.05, 0.1) is 11.6 Å². The Morgan fingerprint density at radius 2 is 1.86 bits per heavy atom. The lowest BCUT2D eigenvalue weighted by atomic mass is 9.85. The van der Waals surface area contributed by atoms with E-state index in [0.717, 1.165) is 19.4 Å². The van der Waals surface area contributed by atoms with Crippen molar-refractivity contribution in [1.82, 2.24) is 5.43 Å². The molecule has 1 aliphatic rings. The zero-order valence-corrected chi connectivity index (χ0v) is 12.6. The predicted molar refractivity (Wildman–Crippen MR) is 86.8 cm³/mol.